The standard InChI is InChI=1S/C4H7NO2.C4H6O3/c1-2-4(7)5-3-6;1-3-4(5)7-6-2/h2,6H,1,3H2,(H,5,7);3H,1H2,2H3. The van der Waals surface area contributed by atoms with Gasteiger partial charge in [-0.3, -0.25) is 9.68 Å². The van der Waals surface area contributed by atoms with Gasteiger partial charge in [0.15, 0.2) is 0 Å². The zero-order chi connectivity index (χ0) is 11.4. The monoisotopic (exact) mass is 203 g/mol. The van der Waals surface area contributed by atoms with E-state index in [0.717, 1.165) is 12.2 Å². The molecule has 0 aliphatic heterocycles. The Kier molecular flexibility index (Phi) is 12.0. The van der Waals surface area contributed by atoms with Gasteiger partial charge < -0.3 is 10.4 Å². The van der Waals surface area contributed by atoms with Crippen molar-refractivity contribution < 1.29 is 24.5 Å². The van der Waals surface area contributed by atoms with Gasteiger partial charge >= 0.3 is 5.97 Å². The molecular formula is C8H13NO5. The molecule has 0 atom stereocenters. The number of aliphatic hydroxyl groups excluding tert-OH is 1. The first-order valence-corrected chi connectivity index (χ1v) is 3.50. The average molecular weight is 203 g/mol. The molecule has 0 aliphatic rings. The summed E-state index contributed by atoms with van der Waals surface area (Å²) >= 11 is 0. The van der Waals surface area contributed by atoms with Crippen LogP contribution >= 0.6 is 0 Å². The van der Waals surface area contributed by atoms with Gasteiger partial charge in [0.05, 0.1) is 7.11 Å². The van der Waals surface area contributed by atoms with E-state index in [-0.39, 0.29) is 12.6 Å². The fourth-order valence-corrected chi connectivity index (χ4v) is 0.266. The lowest BCUT2D eigenvalue weighted by molar-refractivity contribution is -0.249. The van der Waals surface area contributed by atoms with E-state index in [9.17, 15) is 9.59 Å². The quantitative estimate of drug-likeness (QED) is 0.279. The van der Waals surface area contributed by atoms with Gasteiger partial charge in [-0.15, -0.1) is 0 Å². The molecular weight excluding hydrogens is 190 g/mol. The predicted molar refractivity (Wildman–Crippen MR) is 48.7 cm³/mol. The first kappa shape index (κ1) is 14.8. The number of carbonyl (C=O) groups is 2. The van der Waals surface area contributed by atoms with Crippen molar-refractivity contribution in [1.29, 1.82) is 0 Å². The highest BCUT2D eigenvalue weighted by Gasteiger charge is 1.89. The first-order valence-electron chi connectivity index (χ1n) is 3.50. The minimum atomic E-state index is -0.581. The van der Waals surface area contributed by atoms with Crippen LogP contribution in [0.5, 0.6) is 0 Å². The van der Waals surface area contributed by atoms with Gasteiger partial charge in [-0.25, -0.2) is 4.79 Å². The lowest BCUT2D eigenvalue weighted by atomic mass is 10.6. The molecule has 0 aromatic carbocycles. The summed E-state index contributed by atoms with van der Waals surface area (Å²) < 4.78 is 0. The van der Waals surface area contributed by atoms with E-state index in [2.05, 4.69) is 28.2 Å². The maximum atomic E-state index is 10.0. The molecule has 0 aliphatic carbocycles. The SMILES string of the molecule is C=CC(=O)NCO.C=CC(=O)OOC. The molecule has 0 heterocycles. The van der Waals surface area contributed by atoms with Gasteiger partial charge in [0, 0.05) is 6.08 Å². The van der Waals surface area contributed by atoms with Crippen molar-refractivity contribution in [2.45, 2.75) is 0 Å². The van der Waals surface area contributed by atoms with Crippen molar-refractivity contribution in [2.24, 2.45) is 0 Å². The van der Waals surface area contributed by atoms with Gasteiger partial charge in [0.25, 0.3) is 0 Å². The maximum absolute atomic E-state index is 10.0. The summed E-state index contributed by atoms with van der Waals surface area (Å²) in [6.45, 7) is 5.95. The molecule has 6 heteroatoms. The van der Waals surface area contributed by atoms with Gasteiger partial charge in [0.1, 0.15) is 6.73 Å². The molecule has 0 radical (unpaired) electrons. The summed E-state index contributed by atoms with van der Waals surface area (Å²) in [5, 5.41) is 10.1. The van der Waals surface area contributed by atoms with E-state index in [4.69, 9.17) is 5.11 Å². The van der Waals surface area contributed by atoms with Crippen LogP contribution in [0.3, 0.4) is 0 Å². The summed E-state index contributed by atoms with van der Waals surface area (Å²) in [4.78, 5) is 27.9. The Labute approximate surface area is 81.7 Å². The third kappa shape index (κ3) is 13.0. The number of hydrogen-bond acceptors (Lipinski definition) is 5. The molecule has 0 saturated carbocycles. The van der Waals surface area contributed by atoms with Gasteiger partial charge in [-0.05, 0) is 6.08 Å². The van der Waals surface area contributed by atoms with Crippen LogP contribution < -0.4 is 5.32 Å². The summed E-state index contributed by atoms with van der Waals surface area (Å²) in [6.07, 6.45) is 2.11. The molecule has 0 saturated heterocycles. The van der Waals surface area contributed by atoms with Gasteiger partial charge in [-0.1, -0.05) is 13.2 Å². The van der Waals surface area contributed by atoms with Crippen molar-refractivity contribution in [3.8, 4) is 0 Å². The third-order valence-corrected chi connectivity index (χ3v) is 0.771. The van der Waals surface area contributed by atoms with Crippen LogP contribution in [0.2, 0.25) is 0 Å². The minimum Gasteiger partial charge on any atom is -0.376 e. The minimum absolute atomic E-state index is 0.329. The van der Waals surface area contributed by atoms with Crippen LogP contribution in [0.25, 0.3) is 0 Å². The molecule has 0 bridgehead atoms. The zero-order valence-electron chi connectivity index (χ0n) is 7.86. The molecule has 1 amide bonds. The highest BCUT2D eigenvalue weighted by atomic mass is 17.2. The highest BCUT2D eigenvalue weighted by Crippen LogP contribution is 1.74. The van der Waals surface area contributed by atoms with E-state index < -0.39 is 5.97 Å². The molecule has 0 unspecified atom stereocenters. The second-order valence-electron chi connectivity index (χ2n) is 1.68. The largest absolute Gasteiger partial charge is 0.376 e. The number of aliphatic hydroxyl groups is 1. The van der Waals surface area contributed by atoms with Crippen LogP contribution in [-0.2, 0) is 19.4 Å². The van der Waals surface area contributed by atoms with Crippen molar-refractivity contribution in [3.63, 3.8) is 0 Å². The topological polar surface area (TPSA) is 84.9 Å². The van der Waals surface area contributed by atoms with Crippen LogP contribution in [0, 0.1) is 0 Å². The van der Waals surface area contributed by atoms with Crippen LogP contribution in [0.15, 0.2) is 25.3 Å². The molecule has 0 fully saturated rings. The van der Waals surface area contributed by atoms with E-state index in [1.807, 2.05) is 0 Å². The third-order valence-electron chi connectivity index (χ3n) is 0.771. The summed E-state index contributed by atoms with van der Waals surface area (Å²) in [6, 6.07) is 0. The van der Waals surface area contributed by atoms with Crippen molar-refractivity contribution >= 4 is 11.9 Å². The number of amides is 1. The molecule has 0 rings (SSSR count). The van der Waals surface area contributed by atoms with Gasteiger partial charge in [-0.2, -0.15) is 4.89 Å². The van der Waals surface area contributed by atoms with Crippen molar-refractivity contribution in [2.75, 3.05) is 13.8 Å². The Hall–Kier alpha value is -1.66. The molecule has 2 N–H and O–H groups in total. The number of nitrogens with one attached hydrogen (secondary N) is 1. The van der Waals surface area contributed by atoms with Crippen LogP contribution in [-0.4, -0.2) is 30.8 Å². The molecule has 0 aromatic heterocycles. The Balaban J connectivity index is 0. The fraction of sp³-hybridized carbons (Fsp3) is 0.250. The first-order chi connectivity index (χ1) is 6.62. The lowest BCUT2D eigenvalue weighted by Gasteiger charge is -1.89. The van der Waals surface area contributed by atoms with E-state index in [1.54, 1.807) is 0 Å². The summed E-state index contributed by atoms with van der Waals surface area (Å²) in [7, 11) is 1.25. The Morgan fingerprint density at radius 1 is 1.43 bits per heavy atom. The Morgan fingerprint density at radius 2 is 2.00 bits per heavy atom. The van der Waals surface area contributed by atoms with E-state index in [0.29, 0.717) is 0 Å². The van der Waals surface area contributed by atoms with Gasteiger partial charge in [0.2, 0.25) is 5.91 Å². The zero-order valence-corrected chi connectivity index (χ0v) is 7.86. The average Bonchev–Trinajstić information content (AvgIpc) is 2.19. The van der Waals surface area contributed by atoms with Crippen molar-refractivity contribution in [1.82, 2.24) is 5.32 Å². The predicted octanol–water partition coefficient (Wildman–Crippen LogP) is -0.485. The summed E-state index contributed by atoms with van der Waals surface area (Å²) in [5.74, 6) is -0.940. The van der Waals surface area contributed by atoms with Crippen LogP contribution in [0.1, 0.15) is 0 Å². The second-order valence-corrected chi connectivity index (χ2v) is 1.68. The number of hydrogen-bond donors (Lipinski definition) is 2. The second kappa shape index (κ2) is 11.3. The molecule has 14 heavy (non-hydrogen) atoms. The highest BCUT2D eigenvalue weighted by molar-refractivity contribution is 5.86. The maximum Gasteiger partial charge on any atom is 0.365 e. The smallest absolute Gasteiger partial charge is 0.365 e. The Morgan fingerprint density at radius 3 is 2.14 bits per heavy atom. The Bertz CT molecular complexity index is 180. The van der Waals surface area contributed by atoms with Crippen LogP contribution in [0.4, 0.5) is 0 Å². The molecule has 6 nitrogen and oxygen atoms in total. The fourth-order valence-electron chi connectivity index (χ4n) is 0.266. The van der Waals surface area contributed by atoms with E-state index in [1.165, 1.54) is 7.11 Å². The normalized spacial score (nSPS) is 7.57. The van der Waals surface area contributed by atoms with E-state index >= 15 is 0 Å². The molecule has 80 valence electrons. The summed E-state index contributed by atoms with van der Waals surface area (Å²) in [5.41, 5.74) is 0. The number of rotatable bonds is 4. The molecule has 0 spiro atoms. The lowest BCUT2D eigenvalue weighted by Crippen LogP contribution is -2.20. The molecule has 0 aromatic rings. The van der Waals surface area contributed by atoms with Crippen molar-refractivity contribution in [3.05, 3.63) is 25.3 Å². The number of carbonyl (C=O) groups excluding carboxylic acids is 2.